The van der Waals surface area contributed by atoms with Gasteiger partial charge in [0.2, 0.25) is 0 Å². The second-order valence-electron chi connectivity index (χ2n) is 2.76. The Hall–Kier alpha value is 0.310. The first kappa shape index (κ1) is 9.31. The summed E-state index contributed by atoms with van der Waals surface area (Å²) in [6.07, 6.45) is 0. The molecule has 0 aliphatic rings. The Kier molecular flexibility index (Phi) is 3.03. The zero-order chi connectivity index (χ0) is 7.65. The SMILES string of the molecule is CN(C)[PH](C)(O)N(C)C. The quantitative estimate of drug-likeness (QED) is 0.574. The van der Waals surface area contributed by atoms with E-state index < -0.39 is 7.79 Å². The Bertz CT molecular complexity index is 83.0. The van der Waals surface area contributed by atoms with E-state index in [4.69, 9.17) is 0 Å². The van der Waals surface area contributed by atoms with Gasteiger partial charge in [-0.15, -0.1) is 0 Å². The van der Waals surface area contributed by atoms with E-state index in [1.807, 2.05) is 44.2 Å². The van der Waals surface area contributed by atoms with Crippen LogP contribution in [0.4, 0.5) is 0 Å². The topological polar surface area (TPSA) is 26.7 Å². The molecule has 0 radical (unpaired) electrons. The third-order valence-electron chi connectivity index (χ3n) is 1.69. The van der Waals surface area contributed by atoms with Gasteiger partial charge in [-0.05, 0) is 0 Å². The molecule has 0 saturated carbocycles. The van der Waals surface area contributed by atoms with Crippen LogP contribution in [0.25, 0.3) is 0 Å². The Morgan fingerprint density at radius 3 is 1.22 bits per heavy atom. The molecule has 0 bridgehead atoms. The van der Waals surface area contributed by atoms with Crippen molar-refractivity contribution in [3.8, 4) is 0 Å². The summed E-state index contributed by atoms with van der Waals surface area (Å²) < 4.78 is 3.76. The Morgan fingerprint density at radius 2 is 1.22 bits per heavy atom. The molecule has 9 heavy (non-hydrogen) atoms. The van der Waals surface area contributed by atoms with Gasteiger partial charge in [0, 0.05) is 0 Å². The summed E-state index contributed by atoms with van der Waals surface area (Å²) in [4.78, 5) is 9.66. The van der Waals surface area contributed by atoms with Crippen LogP contribution in [0.5, 0.6) is 0 Å². The molecule has 0 fully saturated rings. The number of rotatable bonds is 2. The van der Waals surface area contributed by atoms with E-state index in [-0.39, 0.29) is 0 Å². The van der Waals surface area contributed by atoms with Gasteiger partial charge in [-0.1, -0.05) is 0 Å². The molecule has 0 unspecified atom stereocenters. The van der Waals surface area contributed by atoms with Crippen LogP contribution >= 0.6 is 7.79 Å². The predicted molar refractivity (Wildman–Crippen MR) is 43.8 cm³/mol. The Balaban J connectivity index is 4.01. The molecule has 1 N–H and O–H groups in total. The van der Waals surface area contributed by atoms with Crippen molar-refractivity contribution < 1.29 is 4.89 Å². The summed E-state index contributed by atoms with van der Waals surface area (Å²) >= 11 is 0. The Labute approximate surface area is 57.8 Å². The molecule has 0 saturated heterocycles. The van der Waals surface area contributed by atoms with E-state index in [0.29, 0.717) is 0 Å². The first-order chi connectivity index (χ1) is 3.89. The summed E-state index contributed by atoms with van der Waals surface area (Å²) in [5, 5.41) is 0. The van der Waals surface area contributed by atoms with Gasteiger partial charge in [0.05, 0.1) is 0 Å². The van der Waals surface area contributed by atoms with E-state index in [1.165, 1.54) is 0 Å². The summed E-state index contributed by atoms with van der Waals surface area (Å²) in [5.74, 6) is 0. The summed E-state index contributed by atoms with van der Waals surface area (Å²) in [6, 6.07) is 0. The minimum absolute atomic E-state index is 1.88. The van der Waals surface area contributed by atoms with Gasteiger partial charge < -0.3 is 0 Å². The third-order valence-corrected chi connectivity index (χ3v) is 5.08. The van der Waals surface area contributed by atoms with Crippen LogP contribution in [0.3, 0.4) is 0 Å². The average molecular weight is 152 g/mol. The Morgan fingerprint density at radius 1 is 1.00 bits per heavy atom. The molecule has 0 aromatic heterocycles. The predicted octanol–water partition coefficient (Wildman–Crippen LogP) is 0.227. The third kappa shape index (κ3) is 2.18. The molecule has 0 amide bonds. The monoisotopic (exact) mass is 152 g/mol. The fourth-order valence-corrected chi connectivity index (χ4v) is 1.20. The van der Waals surface area contributed by atoms with Gasteiger partial charge in [-0.3, -0.25) is 0 Å². The molecule has 0 aliphatic heterocycles. The van der Waals surface area contributed by atoms with Gasteiger partial charge in [-0.25, -0.2) is 0 Å². The molecule has 3 nitrogen and oxygen atoms in total. The van der Waals surface area contributed by atoms with Crippen molar-refractivity contribution in [2.75, 3.05) is 34.9 Å². The van der Waals surface area contributed by atoms with Crippen molar-refractivity contribution in [3.63, 3.8) is 0 Å². The fourth-order valence-electron chi connectivity index (χ4n) is 0.400. The normalized spacial score (nSPS) is 15.1. The van der Waals surface area contributed by atoms with Crippen LogP contribution < -0.4 is 0 Å². The molecule has 58 valence electrons. The van der Waals surface area contributed by atoms with Gasteiger partial charge in [0.1, 0.15) is 0 Å². The van der Waals surface area contributed by atoms with Crippen LogP contribution in [0, 0.1) is 0 Å². The van der Waals surface area contributed by atoms with Crippen LogP contribution in [0.2, 0.25) is 0 Å². The second kappa shape index (κ2) is 2.93. The first-order valence-corrected chi connectivity index (χ1v) is 5.30. The zero-order valence-electron chi connectivity index (χ0n) is 6.84. The molecule has 4 heteroatoms. The van der Waals surface area contributed by atoms with E-state index >= 15 is 0 Å². The number of hydrogen-bond acceptors (Lipinski definition) is 3. The molecule has 0 atom stereocenters. The van der Waals surface area contributed by atoms with Crippen LogP contribution in [0.1, 0.15) is 0 Å². The number of hydrogen-bond donors (Lipinski definition) is 1. The molecule has 0 aliphatic carbocycles. The van der Waals surface area contributed by atoms with E-state index in [2.05, 4.69) is 0 Å². The van der Waals surface area contributed by atoms with Crippen molar-refractivity contribution in [2.45, 2.75) is 0 Å². The summed E-state index contributed by atoms with van der Waals surface area (Å²) in [7, 11) is 5.39. The fraction of sp³-hybridized carbons (Fsp3) is 1.00. The van der Waals surface area contributed by atoms with Gasteiger partial charge >= 0.3 is 56.9 Å². The molecule has 0 rings (SSSR count). The summed E-state index contributed by atoms with van der Waals surface area (Å²) in [6.45, 7) is 1.88. The van der Waals surface area contributed by atoms with Crippen molar-refractivity contribution in [3.05, 3.63) is 0 Å². The second-order valence-corrected chi connectivity index (χ2v) is 6.49. The molecular weight excluding hydrogens is 135 g/mol. The molecular formula is C5H17N2OP. The van der Waals surface area contributed by atoms with E-state index in [9.17, 15) is 4.89 Å². The first-order valence-electron chi connectivity index (χ1n) is 2.96. The van der Waals surface area contributed by atoms with Gasteiger partial charge in [-0.2, -0.15) is 0 Å². The minimum atomic E-state index is -2.19. The molecule has 0 heterocycles. The standard InChI is InChI=1S/C5H17N2OP/c1-6(2)9(5,8)7(3)4/h8-9H,1-5H3. The van der Waals surface area contributed by atoms with Crippen LogP contribution in [-0.2, 0) is 0 Å². The molecule has 0 aromatic carbocycles. The van der Waals surface area contributed by atoms with Crippen molar-refractivity contribution >= 4 is 7.79 Å². The molecule has 0 spiro atoms. The van der Waals surface area contributed by atoms with Crippen LogP contribution in [0.15, 0.2) is 0 Å². The zero-order valence-corrected chi connectivity index (χ0v) is 7.84. The number of nitrogens with zero attached hydrogens (tertiary/aromatic N) is 2. The van der Waals surface area contributed by atoms with Crippen molar-refractivity contribution in [1.29, 1.82) is 0 Å². The molecule has 0 aromatic rings. The van der Waals surface area contributed by atoms with Crippen molar-refractivity contribution in [1.82, 2.24) is 9.34 Å². The maximum atomic E-state index is 9.66. The van der Waals surface area contributed by atoms with Crippen molar-refractivity contribution in [2.24, 2.45) is 0 Å². The summed E-state index contributed by atoms with van der Waals surface area (Å²) in [5.41, 5.74) is 0. The van der Waals surface area contributed by atoms with Crippen LogP contribution in [-0.4, -0.2) is 49.1 Å². The van der Waals surface area contributed by atoms with Gasteiger partial charge in [0.15, 0.2) is 0 Å². The van der Waals surface area contributed by atoms with E-state index in [1.54, 1.807) is 0 Å². The van der Waals surface area contributed by atoms with E-state index in [0.717, 1.165) is 0 Å². The maximum absolute atomic E-state index is 9.66. The average Bonchev–Trinajstić information content (AvgIpc) is 1.65. The van der Waals surface area contributed by atoms with Gasteiger partial charge in [0.25, 0.3) is 0 Å².